The van der Waals surface area contributed by atoms with Crippen molar-refractivity contribution < 1.29 is 0 Å². The van der Waals surface area contributed by atoms with E-state index in [1.807, 2.05) is 35.9 Å². The number of pyridine rings is 1. The van der Waals surface area contributed by atoms with Crippen molar-refractivity contribution in [2.45, 2.75) is 6.92 Å². The standard InChI is InChI=1S/C14H8Br2Cl2N2/c1-7-10(15)5-20-6-12(19-14(20)13(7)16)9-3-2-8(17)4-11(9)18/h2-6H,1H3. The third-order valence-electron chi connectivity index (χ3n) is 3.08. The first-order valence-corrected chi connectivity index (χ1v) is 8.10. The molecule has 2 heterocycles. The van der Waals surface area contributed by atoms with Gasteiger partial charge in [0.25, 0.3) is 0 Å². The summed E-state index contributed by atoms with van der Waals surface area (Å²) in [6.07, 6.45) is 3.93. The lowest BCUT2D eigenvalue weighted by Crippen LogP contribution is -1.88. The summed E-state index contributed by atoms with van der Waals surface area (Å²) in [6, 6.07) is 5.41. The van der Waals surface area contributed by atoms with E-state index in [0.29, 0.717) is 10.0 Å². The van der Waals surface area contributed by atoms with E-state index in [1.165, 1.54) is 0 Å². The highest BCUT2D eigenvalue weighted by atomic mass is 79.9. The predicted molar refractivity (Wildman–Crippen MR) is 90.8 cm³/mol. The molecule has 0 saturated carbocycles. The minimum atomic E-state index is 0.591. The third-order valence-corrected chi connectivity index (χ3v) is 5.37. The summed E-state index contributed by atoms with van der Waals surface area (Å²) in [4.78, 5) is 4.64. The number of rotatable bonds is 1. The average molecular weight is 435 g/mol. The highest BCUT2D eigenvalue weighted by Crippen LogP contribution is 2.33. The highest BCUT2D eigenvalue weighted by Gasteiger charge is 2.13. The number of hydrogen-bond donors (Lipinski definition) is 0. The molecule has 3 rings (SSSR count). The van der Waals surface area contributed by atoms with E-state index in [9.17, 15) is 0 Å². The van der Waals surface area contributed by atoms with Crippen molar-refractivity contribution in [3.05, 3.63) is 55.1 Å². The molecule has 2 nitrogen and oxygen atoms in total. The largest absolute Gasteiger partial charge is 0.304 e. The molecule has 0 fully saturated rings. The van der Waals surface area contributed by atoms with Gasteiger partial charge in [-0.05, 0) is 62.5 Å². The van der Waals surface area contributed by atoms with E-state index in [2.05, 4.69) is 36.8 Å². The molecule has 6 heteroatoms. The number of benzene rings is 1. The molecule has 0 aliphatic rings. The van der Waals surface area contributed by atoms with Crippen LogP contribution in [0.3, 0.4) is 0 Å². The van der Waals surface area contributed by atoms with Crippen molar-refractivity contribution in [3.63, 3.8) is 0 Å². The Hall–Kier alpha value is -0.550. The Morgan fingerprint density at radius 3 is 2.60 bits per heavy atom. The summed E-state index contributed by atoms with van der Waals surface area (Å²) >= 11 is 19.3. The van der Waals surface area contributed by atoms with Crippen LogP contribution in [0.1, 0.15) is 5.56 Å². The van der Waals surface area contributed by atoms with Crippen molar-refractivity contribution in [2.75, 3.05) is 0 Å². The van der Waals surface area contributed by atoms with Gasteiger partial charge in [-0.1, -0.05) is 23.2 Å². The van der Waals surface area contributed by atoms with Gasteiger partial charge in [0.05, 0.1) is 15.2 Å². The third kappa shape index (κ3) is 2.39. The Balaban J connectivity index is 2.26. The van der Waals surface area contributed by atoms with Gasteiger partial charge in [-0.3, -0.25) is 0 Å². The van der Waals surface area contributed by atoms with Crippen molar-refractivity contribution in [1.29, 1.82) is 0 Å². The zero-order valence-electron chi connectivity index (χ0n) is 10.3. The molecule has 0 spiro atoms. The van der Waals surface area contributed by atoms with Gasteiger partial charge in [0.2, 0.25) is 0 Å². The summed E-state index contributed by atoms with van der Waals surface area (Å²) in [5, 5.41) is 1.20. The van der Waals surface area contributed by atoms with Gasteiger partial charge in [-0.2, -0.15) is 0 Å². The molecule has 0 N–H and O–H groups in total. The molecule has 0 aliphatic carbocycles. The summed E-state index contributed by atoms with van der Waals surface area (Å²) in [6.45, 7) is 2.03. The first kappa shape index (κ1) is 14.4. The Morgan fingerprint density at radius 2 is 1.90 bits per heavy atom. The zero-order valence-corrected chi connectivity index (χ0v) is 15.0. The lowest BCUT2D eigenvalue weighted by molar-refractivity contribution is 1.14. The molecule has 0 atom stereocenters. The maximum absolute atomic E-state index is 6.24. The van der Waals surface area contributed by atoms with Crippen LogP contribution < -0.4 is 0 Å². The quantitative estimate of drug-likeness (QED) is 0.449. The molecule has 102 valence electrons. The summed E-state index contributed by atoms with van der Waals surface area (Å²) in [5.41, 5.74) is 3.63. The minimum absolute atomic E-state index is 0.591. The Kier molecular flexibility index (Phi) is 3.84. The minimum Gasteiger partial charge on any atom is -0.304 e. The molecular weight excluding hydrogens is 427 g/mol. The van der Waals surface area contributed by atoms with Gasteiger partial charge < -0.3 is 4.40 Å². The van der Waals surface area contributed by atoms with E-state index in [1.54, 1.807) is 6.07 Å². The van der Waals surface area contributed by atoms with Gasteiger partial charge in [-0.25, -0.2) is 4.98 Å². The van der Waals surface area contributed by atoms with Crippen molar-refractivity contribution in [1.82, 2.24) is 9.38 Å². The lowest BCUT2D eigenvalue weighted by Gasteiger charge is -2.03. The number of nitrogens with zero attached hydrogens (tertiary/aromatic N) is 2. The van der Waals surface area contributed by atoms with Crippen LogP contribution in [0.4, 0.5) is 0 Å². The number of hydrogen-bond acceptors (Lipinski definition) is 1. The van der Waals surface area contributed by atoms with Crippen molar-refractivity contribution in [2.24, 2.45) is 0 Å². The van der Waals surface area contributed by atoms with E-state index in [0.717, 1.165) is 31.4 Å². The molecule has 0 aliphatic heterocycles. The summed E-state index contributed by atoms with van der Waals surface area (Å²) < 4.78 is 3.94. The fourth-order valence-electron chi connectivity index (χ4n) is 1.97. The number of halogens is 4. The Morgan fingerprint density at radius 1 is 1.15 bits per heavy atom. The summed E-state index contributed by atoms with van der Waals surface area (Å²) in [7, 11) is 0. The monoisotopic (exact) mass is 432 g/mol. The topological polar surface area (TPSA) is 17.3 Å². The molecule has 2 aromatic heterocycles. The van der Waals surface area contributed by atoms with Crippen LogP contribution in [0.25, 0.3) is 16.9 Å². The molecule has 0 bridgehead atoms. The van der Waals surface area contributed by atoms with Gasteiger partial charge in [0.1, 0.15) is 0 Å². The van der Waals surface area contributed by atoms with Gasteiger partial charge >= 0.3 is 0 Å². The van der Waals surface area contributed by atoms with E-state index in [4.69, 9.17) is 23.2 Å². The zero-order chi connectivity index (χ0) is 14.4. The van der Waals surface area contributed by atoms with Crippen molar-refractivity contribution in [3.8, 4) is 11.3 Å². The normalized spacial score (nSPS) is 11.2. The molecule has 1 aromatic carbocycles. The van der Waals surface area contributed by atoms with Crippen LogP contribution in [0.2, 0.25) is 10.0 Å². The van der Waals surface area contributed by atoms with E-state index < -0.39 is 0 Å². The van der Waals surface area contributed by atoms with Crippen LogP contribution in [0, 0.1) is 6.92 Å². The van der Waals surface area contributed by atoms with Crippen LogP contribution in [0.15, 0.2) is 39.5 Å². The second-order valence-electron chi connectivity index (χ2n) is 4.40. The first-order chi connectivity index (χ1) is 9.47. The highest BCUT2D eigenvalue weighted by molar-refractivity contribution is 9.11. The van der Waals surface area contributed by atoms with Crippen molar-refractivity contribution >= 4 is 60.7 Å². The molecule has 20 heavy (non-hydrogen) atoms. The lowest BCUT2D eigenvalue weighted by atomic mass is 10.2. The van der Waals surface area contributed by atoms with Gasteiger partial charge in [-0.15, -0.1) is 0 Å². The van der Waals surface area contributed by atoms with Crippen LogP contribution in [0.5, 0.6) is 0 Å². The van der Waals surface area contributed by atoms with Crippen LogP contribution in [-0.2, 0) is 0 Å². The van der Waals surface area contributed by atoms with E-state index >= 15 is 0 Å². The maximum Gasteiger partial charge on any atom is 0.152 e. The van der Waals surface area contributed by atoms with Gasteiger partial charge in [0.15, 0.2) is 5.65 Å². The SMILES string of the molecule is Cc1c(Br)cn2cc(-c3ccc(Cl)cc3Cl)nc2c1Br. The van der Waals surface area contributed by atoms with Crippen LogP contribution >= 0.6 is 55.1 Å². The predicted octanol–water partition coefficient (Wildman–Crippen LogP) is 6.14. The Bertz CT molecular complexity index is 828. The number of aromatic nitrogens is 2. The molecule has 0 unspecified atom stereocenters. The fourth-order valence-corrected chi connectivity index (χ4v) is 3.67. The van der Waals surface area contributed by atoms with E-state index in [-0.39, 0.29) is 0 Å². The Labute approximate surface area is 143 Å². The molecule has 0 radical (unpaired) electrons. The molecule has 0 amide bonds. The van der Waals surface area contributed by atoms with Gasteiger partial charge in [0, 0.05) is 27.5 Å². The fraction of sp³-hybridized carbons (Fsp3) is 0.0714. The first-order valence-electron chi connectivity index (χ1n) is 5.76. The number of fused-ring (bicyclic) bond motifs is 1. The second-order valence-corrected chi connectivity index (χ2v) is 6.89. The molecular formula is C14H8Br2Cl2N2. The summed E-state index contributed by atoms with van der Waals surface area (Å²) in [5.74, 6) is 0. The average Bonchev–Trinajstić information content (AvgIpc) is 2.80. The maximum atomic E-state index is 6.24. The molecule has 0 saturated heterocycles. The smallest absolute Gasteiger partial charge is 0.152 e. The van der Waals surface area contributed by atoms with Crippen LogP contribution in [-0.4, -0.2) is 9.38 Å². The molecule has 3 aromatic rings. The number of imidazole rings is 1. The second kappa shape index (κ2) is 5.34.